The SMILES string of the molecule is C=C[C@@H](CCl)[C@H]1CCN2C(=O)S[C@H](c3cc(C)nc4ccc(OC)cc34)[C@@H]2C1. The van der Waals surface area contributed by atoms with Gasteiger partial charge in [-0.25, -0.2) is 0 Å². The average molecular weight is 417 g/mol. The van der Waals surface area contributed by atoms with Gasteiger partial charge in [0.1, 0.15) is 5.75 Å². The predicted octanol–water partition coefficient (Wildman–Crippen LogP) is 5.58. The Kier molecular flexibility index (Phi) is 5.57. The Morgan fingerprint density at radius 2 is 2.29 bits per heavy atom. The zero-order chi connectivity index (χ0) is 19.8. The molecule has 2 aliphatic rings. The Bertz CT molecular complexity index is 919. The van der Waals surface area contributed by atoms with Crippen LogP contribution in [0.1, 0.15) is 29.3 Å². The number of amides is 1. The van der Waals surface area contributed by atoms with Crippen molar-refractivity contribution < 1.29 is 9.53 Å². The van der Waals surface area contributed by atoms with Crippen LogP contribution in [-0.2, 0) is 0 Å². The molecule has 2 saturated heterocycles. The topological polar surface area (TPSA) is 42.4 Å². The second-order valence-corrected chi connectivity index (χ2v) is 9.04. The normalized spacial score (nSPS) is 25.6. The van der Waals surface area contributed by atoms with Gasteiger partial charge in [0.15, 0.2) is 0 Å². The zero-order valence-corrected chi connectivity index (χ0v) is 17.8. The van der Waals surface area contributed by atoms with Crippen LogP contribution in [0.15, 0.2) is 36.9 Å². The Hall–Kier alpha value is -1.72. The largest absolute Gasteiger partial charge is 0.497 e. The number of halogens is 1. The van der Waals surface area contributed by atoms with Crippen molar-refractivity contribution in [2.75, 3.05) is 19.5 Å². The molecule has 6 heteroatoms. The van der Waals surface area contributed by atoms with E-state index in [0.29, 0.717) is 17.7 Å². The van der Waals surface area contributed by atoms with Crippen molar-refractivity contribution in [3.05, 3.63) is 48.2 Å². The van der Waals surface area contributed by atoms with E-state index in [1.54, 1.807) is 7.11 Å². The van der Waals surface area contributed by atoms with E-state index in [-0.39, 0.29) is 16.5 Å². The number of aryl methyl sites for hydroxylation is 1. The molecule has 4 nitrogen and oxygen atoms in total. The molecule has 2 aliphatic heterocycles. The number of hydrogen-bond donors (Lipinski definition) is 0. The van der Waals surface area contributed by atoms with Gasteiger partial charge in [-0.2, -0.15) is 0 Å². The number of nitrogens with zero attached hydrogens (tertiary/aromatic N) is 2. The maximum absolute atomic E-state index is 12.8. The molecule has 148 valence electrons. The van der Waals surface area contributed by atoms with E-state index < -0.39 is 0 Å². The molecule has 3 heterocycles. The number of piperidine rings is 1. The fourth-order valence-electron chi connectivity index (χ4n) is 4.57. The Labute approximate surface area is 175 Å². The molecule has 1 aromatic heterocycles. The number of rotatable bonds is 5. The predicted molar refractivity (Wildman–Crippen MR) is 116 cm³/mol. The van der Waals surface area contributed by atoms with Gasteiger partial charge >= 0.3 is 0 Å². The van der Waals surface area contributed by atoms with Gasteiger partial charge in [0.2, 0.25) is 0 Å². The number of aromatic nitrogens is 1. The number of fused-ring (bicyclic) bond motifs is 2. The summed E-state index contributed by atoms with van der Waals surface area (Å²) in [6, 6.07) is 8.28. The number of carbonyl (C=O) groups is 1. The highest BCUT2D eigenvalue weighted by Gasteiger charge is 2.46. The number of allylic oxidation sites excluding steroid dienone is 1. The second kappa shape index (κ2) is 7.96. The lowest BCUT2D eigenvalue weighted by Crippen LogP contribution is -2.43. The highest BCUT2D eigenvalue weighted by Crippen LogP contribution is 2.50. The molecule has 1 amide bonds. The third-order valence-corrected chi connectivity index (χ3v) is 7.68. The maximum atomic E-state index is 12.8. The van der Waals surface area contributed by atoms with E-state index in [0.717, 1.165) is 41.7 Å². The molecule has 28 heavy (non-hydrogen) atoms. The molecule has 2 aromatic rings. The Morgan fingerprint density at radius 1 is 1.46 bits per heavy atom. The number of hydrogen-bond acceptors (Lipinski definition) is 4. The lowest BCUT2D eigenvalue weighted by atomic mass is 9.80. The van der Waals surface area contributed by atoms with Crippen molar-refractivity contribution >= 4 is 39.5 Å². The number of alkyl halides is 1. The van der Waals surface area contributed by atoms with Gasteiger partial charge in [0.25, 0.3) is 5.24 Å². The number of pyridine rings is 1. The molecular weight excluding hydrogens is 392 g/mol. The van der Waals surface area contributed by atoms with Crippen LogP contribution in [0.5, 0.6) is 5.75 Å². The van der Waals surface area contributed by atoms with Crippen LogP contribution in [0, 0.1) is 18.8 Å². The van der Waals surface area contributed by atoms with Crippen LogP contribution in [0.2, 0.25) is 0 Å². The van der Waals surface area contributed by atoms with Crippen molar-refractivity contribution in [3.63, 3.8) is 0 Å². The minimum Gasteiger partial charge on any atom is -0.497 e. The van der Waals surface area contributed by atoms with E-state index >= 15 is 0 Å². The Morgan fingerprint density at radius 3 is 3.00 bits per heavy atom. The molecule has 1 aromatic carbocycles. The zero-order valence-electron chi connectivity index (χ0n) is 16.2. The number of benzene rings is 1. The number of thioether (sulfide) groups is 1. The summed E-state index contributed by atoms with van der Waals surface area (Å²) in [6.07, 6.45) is 3.92. The molecule has 0 spiro atoms. The first-order chi connectivity index (χ1) is 13.5. The monoisotopic (exact) mass is 416 g/mol. The summed E-state index contributed by atoms with van der Waals surface area (Å²) < 4.78 is 5.44. The van der Waals surface area contributed by atoms with Crippen molar-refractivity contribution in [3.8, 4) is 5.75 Å². The summed E-state index contributed by atoms with van der Waals surface area (Å²) in [5.41, 5.74) is 3.09. The first-order valence-corrected chi connectivity index (χ1v) is 11.1. The van der Waals surface area contributed by atoms with Gasteiger partial charge in [0.05, 0.1) is 17.9 Å². The summed E-state index contributed by atoms with van der Waals surface area (Å²) in [6.45, 7) is 6.77. The third-order valence-electron chi connectivity index (χ3n) is 6.07. The maximum Gasteiger partial charge on any atom is 0.282 e. The minimum absolute atomic E-state index is 0.0902. The van der Waals surface area contributed by atoms with Crippen molar-refractivity contribution in [2.24, 2.45) is 11.8 Å². The first kappa shape index (κ1) is 19.6. The molecule has 4 atom stereocenters. The smallest absolute Gasteiger partial charge is 0.282 e. The van der Waals surface area contributed by atoms with E-state index in [4.69, 9.17) is 16.3 Å². The summed E-state index contributed by atoms with van der Waals surface area (Å²) in [7, 11) is 1.67. The summed E-state index contributed by atoms with van der Waals surface area (Å²) in [5.74, 6) is 2.15. The van der Waals surface area contributed by atoms with Gasteiger partial charge in [-0.05, 0) is 61.4 Å². The van der Waals surface area contributed by atoms with Gasteiger partial charge in [0, 0.05) is 29.5 Å². The summed E-state index contributed by atoms with van der Waals surface area (Å²) in [5, 5.41) is 1.34. The van der Waals surface area contributed by atoms with Crippen LogP contribution in [0.4, 0.5) is 4.79 Å². The minimum atomic E-state index is 0.0902. The van der Waals surface area contributed by atoms with E-state index in [2.05, 4.69) is 22.5 Å². The molecule has 0 saturated carbocycles. The van der Waals surface area contributed by atoms with Crippen LogP contribution in [0.3, 0.4) is 0 Å². The van der Waals surface area contributed by atoms with Crippen LogP contribution in [-0.4, -0.2) is 40.7 Å². The first-order valence-electron chi connectivity index (χ1n) is 9.66. The molecule has 4 rings (SSSR count). The fourth-order valence-corrected chi connectivity index (χ4v) is 6.26. The van der Waals surface area contributed by atoms with E-state index in [1.807, 2.05) is 31.2 Å². The van der Waals surface area contributed by atoms with Crippen LogP contribution >= 0.6 is 23.4 Å². The number of methoxy groups -OCH3 is 1. The van der Waals surface area contributed by atoms with Crippen molar-refractivity contribution in [1.82, 2.24) is 9.88 Å². The van der Waals surface area contributed by atoms with Gasteiger partial charge in [-0.15, -0.1) is 18.2 Å². The van der Waals surface area contributed by atoms with Gasteiger partial charge in [-0.3, -0.25) is 9.78 Å². The van der Waals surface area contributed by atoms with E-state index in [9.17, 15) is 4.79 Å². The van der Waals surface area contributed by atoms with Crippen molar-refractivity contribution in [2.45, 2.75) is 31.1 Å². The molecule has 2 fully saturated rings. The van der Waals surface area contributed by atoms with Crippen molar-refractivity contribution in [1.29, 1.82) is 0 Å². The molecule has 0 N–H and O–H groups in total. The standard InChI is InChI=1S/C22H25ClN2O2S/c1-4-14(12-23)15-7-8-25-20(10-15)21(28-22(25)26)18-9-13(2)24-19-6-5-16(27-3)11-17(18)19/h4-6,9,11,14-15,20-21H,1,7-8,10,12H2,2-3H3/t14-,15-,20-,21+/m0/s1. The molecule has 0 aliphatic carbocycles. The Balaban J connectivity index is 1.76. The number of ether oxygens (including phenoxy) is 1. The average Bonchev–Trinajstić information content (AvgIpc) is 3.04. The van der Waals surface area contributed by atoms with E-state index in [1.165, 1.54) is 17.3 Å². The molecule has 0 unspecified atom stereocenters. The number of carbonyl (C=O) groups excluding carboxylic acids is 1. The third kappa shape index (κ3) is 3.39. The van der Waals surface area contributed by atoms with Gasteiger partial charge in [-0.1, -0.05) is 17.8 Å². The molecule has 0 bridgehead atoms. The highest BCUT2D eigenvalue weighted by atomic mass is 35.5. The fraction of sp³-hybridized carbons (Fsp3) is 0.455. The molecule has 0 radical (unpaired) electrons. The van der Waals surface area contributed by atoms with Crippen LogP contribution in [0.25, 0.3) is 10.9 Å². The summed E-state index contributed by atoms with van der Waals surface area (Å²) in [4.78, 5) is 19.5. The quantitative estimate of drug-likeness (QED) is 0.471. The highest BCUT2D eigenvalue weighted by molar-refractivity contribution is 8.14. The summed E-state index contributed by atoms with van der Waals surface area (Å²) >= 11 is 7.63. The van der Waals surface area contributed by atoms with Crippen LogP contribution < -0.4 is 4.74 Å². The molecular formula is C22H25ClN2O2S. The lowest BCUT2D eigenvalue weighted by Gasteiger charge is -2.38. The lowest BCUT2D eigenvalue weighted by molar-refractivity contribution is 0.138. The second-order valence-electron chi connectivity index (χ2n) is 7.64. The van der Waals surface area contributed by atoms with Gasteiger partial charge < -0.3 is 9.64 Å².